The molecule has 2 fully saturated rings. The van der Waals surface area contributed by atoms with Gasteiger partial charge in [0, 0.05) is 18.1 Å². The second-order valence-corrected chi connectivity index (χ2v) is 10.00. The molecule has 6 nitrogen and oxygen atoms in total. The van der Waals surface area contributed by atoms with Gasteiger partial charge in [-0.05, 0) is 85.7 Å². The van der Waals surface area contributed by atoms with Crippen LogP contribution in [0.3, 0.4) is 0 Å². The zero-order chi connectivity index (χ0) is 21.6. The van der Waals surface area contributed by atoms with Crippen LogP contribution in [0.5, 0.6) is 5.75 Å². The zero-order valence-corrected chi connectivity index (χ0v) is 18.0. The minimum Gasteiger partial charge on any atom is -0.497 e. The lowest BCUT2D eigenvalue weighted by Crippen LogP contribution is -2.31. The van der Waals surface area contributed by atoms with E-state index in [1.54, 1.807) is 54.0 Å². The van der Waals surface area contributed by atoms with Gasteiger partial charge < -0.3 is 4.74 Å². The molecule has 1 saturated carbocycles. The number of benzene rings is 2. The smallest absolute Gasteiger partial charge is 0.302 e. The van der Waals surface area contributed by atoms with Crippen LogP contribution < -0.4 is 9.46 Å². The van der Waals surface area contributed by atoms with Crippen LogP contribution >= 0.6 is 0 Å². The number of ether oxygens (including phenoxy) is 1. The van der Waals surface area contributed by atoms with E-state index in [-0.39, 0.29) is 17.3 Å². The van der Waals surface area contributed by atoms with Crippen LogP contribution in [0.4, 0.5) is 10.1 Å². The number of hydrogen-bond donors (Lipinski definition) is 1. The third-order valence-corrected chi connectivity index (χ3v) is 8.17. The SMILES string of the molecule is COc1ccc(NS(=O)(=O)N2CC23CCC(c2ccnc4ccc(F)cc24)CC3)cc1. The molecular formula is C23H24FN3O3S. The van der Waals surface area contributed by atoms with E-state index in [0.29, 0.717) is 18.0 Å². The molecule has 2 heterocycles. The van der Waals surface area contributed by atoms with Crippen molar-refractivity contribution in [1.29, 1.82) is 0 Å². The van der Waals surface area contributed by atoms with Crippen molar-refractivity contribution in [3.63, 3.8) is 0 Å². The molecule has 0 bridgehead atoms. The summed E-state index contributed by atoms with van der Waals surface area (Å²) in [4.78, 5) is 4.34. The van der Waals surface area contributed by atoms with E-state index < -0.39 is 10.2 Å². The van der Waals surface area contributed by atoms with Gasteiger partial charge in [0.05, 0.1) is 23.9 Å². The standard InChI is InChI=1S/C23H24FN3O3S/c1-30-19-5-3-18(4-6-19)26-31(28,29)27-15-23(27)11-8-16(9-12-23)20-10-13-25-22-7-2-17(24)14-21(20)22/h2-7,10,13-14,16,26H,8-9,11-12,15H2,1H3. The average Bonchev–Trinajstić information content (AvgIpc) is 3.49. The lowest BCUT2D eigenvalue weighted by atomic mass is 9.77. The molecule has 1 aliphatic heterocycles. The van der Waals surface area contributed by atoms with E-state index in [0.717, 1.165) is 42.1 Å². The predicted molar refractivity (Wildman–Crippen MR) is 118 cm³/mol. The number of rotatable bonds is 5. The Morgan fingerprint density at radius 2 is 1.87 bits per heavy atom. The van der Waals surface area contributed by atoms with E-state index in [1.807, 2.05) is 6.07 Å². The molecule has 2 aliphatic rings. The lowest BCUT2D eigenvalue weighted by molar-refractivity contribution is 0.336. The Morgan fingerprint density at radius 1 is 1.13 bits per heavy atom. The van der Waals surface area contributed by atoms with Crippen LogP contribution in [-0.4, -0.2) is 36.9 Å². The van der Waals surface area contributed by atoms with Crippen LogP contribution in [0.15, 0.2) is 54.7 Å². The summed E-state index contributed by atoms with van der Waals surface area (Å²) >= 11 is 0. The van der Waals surface area contributed by atoms with Crippen molar-refractivity contribution in [2.24, 2.45) is 0 Å². The van der Waals surface area contributed by atoms with E-state index in [1.165, 1.54) is 6.07 Å². The number of nitrogens with zero attached hydrogens (tertiary/aromatic N) is 2. The van der Waals surface area contributed by atoms with E-state index in [2.05, 4.69) is 9.71 Å². The van der Waals surface area contributed by atoms with Crippen LogP contribution in [0.2, 0.25) is 0 Å². The molecule has 1 spiro atoms. The first-order chi connectivity index (χ1) is 14.9. The predicted octanol–water partition coefficient (Wildman–Crippen LogP) is 4.45. The van der Waals surface area contributed by atoms with Crippen molar-refractivity contribution in [1.82, 2.24) is 9.29 Å². The highest BCUT2D eigenvalue weighted by molar-refractivity contribution is 7.90. The normalized spacial score (nSPS) is 25.5. The van der Waals surface area contributed by atoms with E-state index in [4.69, 9.17) is 4.74 Å². The fourth-order valence-corrected chi connectivity index (χ4v) is 6.45. The summed E-state index contributed by atoms with van der Waals surface area (Å²) in [5, 5.41) is 0.852. The largest absolute Gasteiger partial charge is 0.497 e. The Bertz CT molecular complexity index is 1220. The third-order valence-electron chi connectivity index (χ3n) is 6.58. The topological polar surface area (TPSA) is 71.3 Å². The maximum absolute atomic E-state index is 13.8. The highest BCUT2D eigenvalue weighted by Crippen LogP contribution is 2.51. The van der Waals surface area contributed by atoms with Crippen LogP contribution in [0.25, 0.3) is 10.9 Å². The van der Waals surface area contributed by atoms with Crippen LogP contribution in [0.1, 0.15) is 37.2 Å². The minimum absolute atomic E-state index is 0.266. The summed E-state index contributed by atoms with van der Waals surface area (Å²) in [6, 6.07) is 13.5. The van der Waals surface area contributed by atoms with Gasteiger partial charge in [0.1, 0.15) is 11.6 Å². The Morgan fingerprint density at radius 3 is 2.58 bits per heavy atom. The molecule has 31 heavy (non-hydrogen) atoms. The molecule has 162 valence electrons. The van der Waals surface area contributed by atoms with Crippen molar-refractivity contribution in [3.8, 4) is 5.75 Å². The number of pyridine rings is 1. The second kappa shape index (κ2) is 7.46. The van der Waals surface area contributed by atoms with Gasteiger partial charge in [-0.3, -0.25) is 9.71 Å². The highest BCUT2D eigenvalue weighted by atomic mass is 32.2. The summed E-state index contributed by atoms with van der Waals surface area (Å²) in [5.74, 6) is 0.684. The van der Waals surface area contributed by atoms with Crippen molar-refractivity contribution < 1.29 is 17.5 Å². The Kier molecular flexibility index (Phi) is 4.86. The Labute approximate surface area is 181 Å². The molecule has 5 rings (SSSR count). The minimum atomic E-state index is -3.61. The first kappa shape index (κ1) is 20.2. The third kappa shape index (κ3) is 3.74. The molecule has 1 N–H and O–H groups in total. The molecule has 3 aromatic rings. The molecule has 1 aliphatic carbocycles. The van der Waals surface area contributed by atoms with Crippen LogP contribution in [-0.2, 0) is 10.2 Å². The Hall–Kier alpha value is -2.71. The van der Waals surface area contributed by atoms with Gasteiger partial charge in [-0.2, -0.15) is 12.7 Å². The fraction of sp³-hybridized carbons (Fsp3) is 0.348. The van der Waals surface area contributed by atoms with Gasteiger partial charge in [-0.1, -0.05) is 0 Å². The first-order valence-corrected chi connectivity index (χ1v) is 11.8. The summed E-state index contributed by atoms with van der Waals surface area (Å²) in [5.41, 5.74) is 2.11. The van der Waals surface area contributed by atoms with Gasteiger partial charge in [-0.25, -0.2) is 4.39 Å². The molecule has 1 aromatic heterocycles. The maximum Gasteiger partial charge on any atom is 0.302 e. The lowest BCUT2D eigenvalue weighted by Gasteiger charge is -2.30. The highest BCUT2D eigenvalue weighted by Gasteiger charge is 2.59. The molecule has 2 aromatic carbocycles. The number of nitrogens with one attached hydrogen (secondary N) is 1. The van der Waals surface area contributed by atoms with Crippen molar-refractivity contribution in [2.45, 2.75) is 37.1 Å². The molecule has 1 saturated heterocycles. The van der Waals surface area contributed by atoms with Crippen molar-refractivity contribution in [3.05, 3.63) is 66.1 Å². The summed E-state index contributed by atoms with van der Waals surface area (Å²) < 4.78 is 48.9. The molecule has 1 unspecified atom stereocenters. The van der Waals surface area contributed by atoms with Gasteiger partial charge in [-0.15, -0.1) is 0 Å². The van der Waals surface area contributed by atoms with Gasteiger partial charge in [0.2, 0.25) is 0 Å². The molecular weight excluding hydrogens is 417 g/mol. The summed E-state index contributed by atoms with van der Waals surface area (Å²) in [6.07, 6.45) is 5.08. The number of aromatic nitrogens is 1. The molecule has 8 heteroatoms. The monoisotopic (exact) mass is 441 g/mol. The number of hydrogen-bond acceptors (Lipinski definition) is 4. The van der Waals surface area contributed by atoms with Crippen LogP contribution in [0, 0.1) is 5.82 Å². The number of fused-ring (bicyclic) bond motifs is 1. The second-order valence-electron chi connectivity index (χ2n) is 8.40. The van der Waals surface area contributed by atoms with Gasteiger partial charge >= 0.3 is 10.2 Å². The molecule has 0 amide bonds. The molecule has 0 radical (unpaired) electrons. The average molecular weight is 442 g/mol. The molecule has 1 atom stereocenters. The number of methoxy groups -OCH3 is 1. The Balaban J connectivity index is 1.28. The summed E-state index contributed by atoms with van der Waals surface area (Å²) in [7, 11) is -2.04. The van der Waals surface area contributed by atoms with Gasteiger partial charge in [0.15, 0.2) is 0 Å². The van der Waals surface area contributed by atoms with E-state index >= 15 is 0 Å². The number of anilines is 1. The fourth-order valence-electron chi connectivity index (χ4n) is 4.80. The van der Waals surface area contributed by atoms with Crippen molar-refractivity contribution >= 4 is 26.8 Å². The quantitative estimate of drug-likeness (QED) is 0.594. The first-order valence-electron chi connectivity index (χ1n) is 10.4. The van der Waals surface area contributed by atoms with E-state index in [9.17, 15) is 12.8 Å². The summed E-state index contributed by atoms with van der Waals surface area (Å²) in [6.45, 7) is 0.539. The van der Waals surface area contributed by atoms with Crippen molar-refractivity contribution in [2.75, 3.05) is 18.4 Å². The maximum atomic E-state index is 13.8. The van der Waals surface area contributed by atoms with Gasteiger partial charge in [0.25, 0.3) is 0 Å². The zero-order valence-electron chi connectivity index (χ0n) is 17.2. The number of halogens is 1.